The van der Waals surface area contributed by atoms with E-state index in [2.05, 4.69) is 46.7 Å². The first-order chi connectivity index (χ1) is 13.8. The molecule has 4 aromatic rings. The highest BCUT2D eigenvalue weighted by molar-refractivity contribution is 5.74. The van der Waals surface area contributed by atoms with Gasteiger partial charge in [-0.1, -0.05) is 84.1 Å². The fourth-order valence-corrected chi connectivity index (χ4v) is 3.44. The number of hydrogen-bond acceptors (Lipinski definition) is 3. The third kappa shape index (κ3) is 3.73. The molecule has 0 aliphatic heterocycles. The van der Waals surface area contributed by atoms with Gasteiger partial charge in [-0.2, -0.15) is 0 Å². The average molecular weight is 369 g/mol. The maximum atomic E-state index is 6.38. The smallest absolute Gasteiger partial charge is 0.186 e. The van der Waals surface area contributed by atoms with Crippen LogP contribution in [0.4, 0.5) is 0 Å². The van der Waals surface area contributed by atoms with Crippen LogP contribution in [0.5, 0.6) is 0 Å². The van der Waals surface area contributed by atoms with Crippen molar-refractivity contribution in [2.75, 3.05) is 6.61 Å². The Kier molecular flexibility index (Phi) is 5.31. The lowest BCUT2D eigenvalue weighted by Gasteiger charge is -2.31. The van der Waals surface area contributed by atoms with Gasteiger partial charge in [0.15, 0.2) is 5.72 Å². The van der Waals surface area contributed by atoms with Gasteiger partial charge in [0.25, 0.3) is 0 Å². The van der Waals surface area contributed by atoms with Crippen LogP contribution in [0.1, 0.15) is 18.1 Å². The number of nitrogens with zero attached hydrogens (tertiary/aromatic N) is 3. The molecule has 0 aliphatic rings. The monoisotopic (exact) mass is 369 g/mol. The molecule has 0 fully saturated rings. The van der Waals surface area contributed by atoms with Crippen molar-refractivity contribution in [3.05, 3.63) is 102 Å². The standard InChI is InChI=1S/C24H23N3O/c1-2-28-24(19-21-13-7-4-8-14-21,18-17-20-11-5-3-6-12-20)27-23-16-10-9-15-22(23)25-26-27/h3-18H,2,19H2,1H3/b18-17+. The summed E-state index contributed by atoms with van der Waals surface area (Å²) in [6.07, 6.45) is 4.84. The first-order valence-electron chi connectivity index (χ1n) is 9.54. The van der Waals surface area contributed by atoms with E-state index in [4.69, 9.17) is 4.74 Å². The zero-order valence-corrected chi connectivity index (χ0v) is 15.9. The normalized spacial score (nSPS) is 13.8. The predicted octanol–water partition coefficient (Wildman–Crippen LogP) is 5.08. The van der Waals surface area contributed by atoms with Gasteiger partial charge >= 0.3 is 0 Å². The molecular formula is C24H23N3O. The van der Waals surface area contributed by atoms with Gasteiger partial charge in [0, 0.05) is 13.0 Å². The van der Waals surface area contributed by atoms with Gasteiger partial charge in [0.05, 0.1) is 5.52 Å². The molecule has 1 aromatic heterocycles. The van der Waals surface area contributed by atoms with Crippen molar-refractivity contribution in [2.45, 2.75) is 19.1 Å². The highest BCUT2D eigenvalue weighted by atomic mass is 16.5. The fraction of sp³-hybridized carbons (Fsp3) is 0.167. The van der Waals surface area contributed by atoms with Gasteiger partial charge in [0.1, 0.15) is 5.52 Å². The Morgan fingerprint density at radius 3 is 2.32 bits per heavy atom. The summed E-state index contributed by atoms with van der Waals surface area (Å²) in [5.41, 5.74) is 3.32. The van der Waals surface area contributed by atoms with E-state index in [1.165, 1.54) is 5.56 Å². The van der Waals surface area contributed by atoms with Gasteiger partial charge in [-0.25, -0.2) is 4.68 Å². The van der Waals surface area contributed by atoms with Crippen molar-refractivity contribution in [1.82, 2.24) is 15.0 Å². The third-order valence-electron chi connectivity index (χ3n) is 4.74. The molecule has 4 nitrogen and oxygen atoms in total. The topological polar surface area (TPSA) is 39.9 Å². The summed E-state index contributed by atoms with van der Waals surface area (Å²) in [5, 5.41) is 8.85. The summed E-state index contributed by atoms with van der Waals surface area (Å²) in [6.45, 7) is 2.56. The van der Waals surface area contributed by atoms with Crippen LogP contribution >= 0.6 is 0 Å². The Morgan fingerprint density at radius 1 is 0.893 bits per heavy atom. The maximum Gasteiger partial charge on any atom is 0.186 e. The van der Waals surface area contributed by atoms with Crippen LogP contribution in [0.25, 0.3) is 17.1 Å². The van der Waals surface area contributed by atoms with Crippen molar-refractivity contribution in [1.29, 1.82) is 0 Å². The van der Waals surface area contributed by atoms with Crippen molar-refractivity contribution in [3.63, 3.8) is 0 Å². The van der Waals surface area contributed by atoms with Gasteiger partial charge in [0.2, 0.25) is 0 Å². The molecule has 0 saturated carbocycles. The van der Waals surface area contributed by atoms with E-state index in [-0.39, 0.29) is 0 Å². The van der Waals surface area contributed by atoms with E-state index >= 15 is 0 Å². The molecule has 3 aromatic carbocycles. The maximum absolute atomic E-state index is 6.38. The second-order valence-corrected chi connectivity index (χ2v) is 6.67. The van der Waals surface area contributed by atoms with E-state index < -0.39 is 5.72 Å². The molecule has 0 aliphatic carbocycles. The summed E-state index contributed by atoms with van der Waals surface area (Å²) < 4.78 is 8.28. The Hall–Kier alpha value is -3.24. The third-order valence-corrected chi connectivity index (χ3v) is 4.74. The van der Waals surface area contributed by atoms with Crippen LogP contribution in [0.15, 0.2) is 91.0 Å². The summed E-state index contributed by atoms with van der Waals surface area (Å²) in [4.78, 5) is 0. The molecule has 0 radical (unpaired) electrons. The van der Waals surface area contributed by atoms with Crippen LogP contribution < -0.4 is 0 Å². The predicted molar refractivity (Wildman–Crippen MR) is 113 cm³/mol. The van der Waals surface area contributed by atoms with E-state index in [1.807, 2.05) is 72.3 Å². The summed E-state index contributed by atoms with van der Waals surface area (Å²) >= 11 is 0. The lowest BCUT2D eigenvalue weighted by molar-refractivity contribution is -0.0677. The minimum absolute atomic E-state index is 0.556. The molecule has 0 saturated heterocycles. The fourth-order valence-electron chi connectivity index (χ4n) is 3.44. The van der Waals surface area contributed by atoms with Gasteiger partial charge < -0.3 is 4.74 Å². The SMILES string of the molecule is CCOC(/C=C/c1ccccc1)(Cc1ccccc1)n1nnc2ccccc21. The van der Waals surface area contributed by atoms with Crippen LogP contribution in [0.3, 0.4) is 0 Å². The van der Waals surface area contributed by atoms with E-state index in [0.717, 1.165) is 16.6 Å². The van der Waals surface area contributed by atoms with Gasteiger partial charge in [-0.3, -0.25) is 0 Å². The minimum atomic E-state index is -0.776. The lowest BCUT2D eigenvalue weighted by Crippen LogP contribution is -2.38. The van der Waals surface area contributed by atoms with Crippen LogP contribution in [-0.2, 0) is 16.9 Å². The molecule has 0 amide bonds. The molecule has 1 heterocycles. The largest absolute Gasteiger partial charge is 0.350 e. The van der Waals surface area contributed by atoms with Crippen LogP contribution in [0.2, 0.25) is 0 Å². The number of para-hydroxylation sites is 1. The summed E-state index contributed by atoms with van der Waals surface area (Å²) in [5.74, 6) is 0. The zero-order valence-electron chi connectivity index (χ0n) is 15.9. The van der Waals surface area contributed by atoms with Crippen molar-refractivity contribution in [3.8, 4) is 0 Å². The molecular weight excluding hydrogens is 346 g/mol. The quantitative estimate of drug-likeness (QED) is 0.456. The summed E-state index contributed by atoms with van der Waals surface area (Å²) in [7, 11) is 0. The number of rotatable bonds is 7. The van der Waals surface area contributed by atoms with E-state index in [0.29, 0.717) is 13.0 Å². The van der Waals surface area contributed by atoms with Crippen LogP contribution in [-0.4, -0.2) is 21.6 Å². The number of ether oxygens (including phenoxy) is 1. The number of fused-ring (bicyclic) bond motifs is 1. The second-order valence-electron chi connectivity index (χ2n) is 6.67. The van der Waals surface area contributed by atoms with Crippen molar-refractivity contribution >= 4 is 17.1 Å². The molecule has 4 heteroatoms. The molecule has 0 N–H and O–H groups in total. The molecule has 0 spiro atoms. The minimum Gasteiger partial charge on any atom is -0.350 e. The van der Waals surface area contributed by atoms with Crippen LogP contribution in [0, 0.1) is 0 Å². The van der Waals surface area contributed by atoms with Crippen molar-refractivity contribution < 1.29 is 4.74 Å². The Balaban J connectivity index is 1.86. The Morgan fingerprint density at radius 2 is 1.57 bits per heavy atom. The Labute approximate surface area is 165 Å². The van der Waals surface area contributed by atoms with E-state index in [9.17, 15) is 0 Å². The Bertz CT molecular complexity index is 1060. The summed E-state index contributed by atoms with van der Waals surface area (Å²) in [6, 6.07) is 28.6. The molecule has 1 unspecified atom stereocenters. The molecule has 1 atom stereocenters. The lowest BCUT2D eigenvalue weighted by atomic mass is 10.00. The van der Waals surface area contributed by atoms with Crippen molar-refractivity contribution in [2.24, 2.45) is 0 Å². The number of hydrogen-bond donors (Lipinski definition) is 0. The average Bonchev–Trinajstić information content (AvgIpc) is 3.19. The number of benzene rings is 3. The van der Waals surface area contributed by atoms with Gasteiger partial charge in [-0.15, -0.1) is 5.10 Å². The molecule has 0 bridgehead atoms. The first kappa shape index (κ1) is 18.1. The second kappa shape index (κ2) is 8.19. The highest BCUT2D eigenvalue weighted by Gasteiger charge is 2.33. The zero-order chi connectivity index (χ0) is 19.2. The van der Waals surface area contributed by atoms with Gasteiger partial charge in [-0.05, 0) is 36.3 Å². The first-order valence-corrected chi connectivity index (χ1v) is 9.54. The highest BCUT2D eigenvalue weighted by Crippen LogP contribution is 2.29. The van der Waals surface area contributed by atoms with E-state index in [1.54, 1.807) is 0 Å². The molecule has 140 valence electrons. The molecule has 4 rings (SSSR count). The number of aromatic nitrogens is 3. The molecule has 28 heavy (non-hydrogen) atoms.